The predicted octanol–water partition coefficient (Wildman–Crippen LogP) is 2.33. The minimum atomic E-state index is 0.0631. The van der Waals surface area contributed by atoms with Gasteiger partial charge in [0.2, 0.25) is 5.91 Å². The van der Waals surface area contributed by atoms with E-state index in [0.29, 0.717) is 42.2 Å². The fourth-order valence-electron chi connectivity index (χ4n) is 4.09. The third-order valence-corrected chi connectivity index (χ3v) is 6.14. The highest BCUT2D eigenvalue weighted by atomic mass is 32.2. The minimum Gasteiger partial charge on any atom is -0.373 e. The van der Waals surface area contributed by atoms with E-state index >= 15 is 0 Å². The van der Waals surface area contributed by atoms with E-state index in [9.17, 15) is 9.59 Å². The summed E-state index contributed by atoms with van der Waals surface area (Å²) in [4.78, 5) is 33.5. The summed E-state index contributed by atoms with van der Waals surface area (Å²) in [6, 6.07) is 3.87. The van der Waals surface area contributed by atoms with Gasteiger partial charge in [-0.2, -0.15) is 11.8 Å². The molecule has 2 fully saturated rings. The van der Waals surface area contributed by atoms with Crippen LogP contribution in [0.15, 0.2) is 18.3 Å². The van der Waals surface area contributed by atoms with Gasteiger partial charge in [-0.25, -0.2) is 4.98 Å². The summed E-state index contributed by atoms with van der Waals surface area (Å²) in [7, 11) is 1.80. The summed E-state index contributed by atoms with van der Waals surface area (Å²) in [6.45, 7) is 2.31. The van der Waals surface area contributed by atoms with Crippen LogP contribution in [0, 0.1) is 5.92 Å². The van der Waals surface area contributed by atoms with E-state index in [1.54, 1.807) is 25.4 Å². The molecule has 26 heavy (non-hydrogen) atoms. The maximum Gasteiger partial charge on any atom is 0.254 e. The Morgan fingerprint density at radius 3 is 3.04 bits per heavy atom. The van der Waals surface area contributed by atoms with Crippen molar-refractivity contribution >= 4 is 29.4 Å². The molecule has 2 aliphatic rings. The number of pyridine rings is 1. The van der Waals surface area contributed by atoms with Gasteiger partial charge < -0.3 is 15.1 Å². The molecule has 142 valence electrons. The van der Waals surface area contributed by atoms with Gasteiger partial charge in [0.1, 0.15) is 5.82 Å². The summed E-state index contributed by atoms with van der Waals surface area (Å²) in [5.74, 6) is 2.54. The van der Waals surface area contributed by atoms with Crippen molar-refractivity contribution in [3.05, 3.63) is 23.9 Å². The van der Waals surface area contributed by atoms with Crippen molar-refractivity contribution in [3.63, 3.8) is 0 Å². The van der Waals surface area contributed by atoms with Gasteiger partial charge in [-0.1, -0.05) is 0 Å². The average Bonchev–Trinajstić information content (AvgIpc) is 2.69. The van der Waals surface area contributed by atoms with E-state index in [0.717, 1.165) is 38.1 Å². The van der Waals surface area contributed by atoms with Gasteiger partial charge in [-0.15, -0.1) is 0 Å². The maximum atomic E-state index is 12.9. The first-order valence-corrected chi connectivity index (χ1v) is 10.7. The number of likely N-dealkylation sites (tertiary alicyclic amines) is 2. The van der Waals surface area contributed by atoms with E-state index in [-0.39, 0.29) is 5.91 Å². The zero-order valence-electron chi connectivity index (χ0n) is 15.6. The highest BCUT2D eigenvalue weighted by Crippen LogP contribution is 2.32. The number of carbonyl (C=O) groups is 2. The second-order valence-electron chi connectivity index (χ2n) is 7.02. The number of carbonyl (C=O) groups excluding carboxylic acids is 2. The van der Waals surface area contributed by atoms with Crippen molar-refractivity contribution in [3.8, 4) is 0 Å². The Bertz CT molecular complexity index is 654. The molecule has 0 bridgehead atoms. The quantitative estimate of drug-likeness (QED) is 0.772. The molecule has 0 saturated carbocycles. The first kappa shape index (κ1) is 19.0. The fraction of sp³-hybridized carbons (Fsp3) is 0.632. The molecule has 6 nitrogen and oxygen atoms in total. The number of hydrogen-bond acceptors (Lipinski definition) is 5. The van der Waals surface area contributed by atoms with Crippen molar-refractivity contribution in [2.24, 2.45) is 5.92 Å². The molecule has 2 aliphatic heterocycles. The van der Waals surface area contributed by atoms with E-state index in [1.165, 1.54) is 0 Å². The zero-order chi connectivity index (χ0) is 18.5. The van der Waals surface area contributed by atoms with Crippen LogP contribution >= 0.6 is 11.8 Å². The SMILES string of the molecule is CNc1cc(C(=O)N2CC[C@@H]3[C@@H](CCC(=O)N3CCCSC)C2)ccn1. The van der Waals surface area contributed by atoms with Gasteiger partial charge in [-0.05, 0) is 49.3 Å². The lowest BCUT2D eigenvalue weighted by molar-refractivity contribution is -0.140. The molecule has 2 saturated heterocycles. The second kappa shape index (κ2) is 8.75. The summed E-state index contributed by atoms with van der Waals surface area (Å²) in [6.07, 6.45) is 7.20. The van der Waals surface area contributed by atoms with Crippen LogP contribution in [0.25, 0.3) is 0 Å². The van der Waals surface area contributed by atoms with Crippen LogP contribution in [0.1, 0.15) is 36.0 Å². The number of thioether (sulfide) groups is 1. The molecule has 0 aliphatic carbocycles. The van der Waals surface area contributed by atoms with Crippen LogP contribution in [0.3, 0.4) is 0 Å². The largest absolute Gasteiger partial charge is 0.373 e. The Morgan fingerprint density at radius 1 is 1.42 bits per heavy atom. The molecule has 3 heterocycles. The molecule has 2 amide bonds. The van der Waals surface area contributed by atoms with E-state index in [2.05, 4.69) is 21.5 Å². The smallest absolute Gasteiger partial charge is 0.254 e. The molecule has 1 aromatic rings. The average molecular weight is 377 g/mol. The van der Waals surface area contributed by atoms with Gasteiger partial charge >= 0.3 is 0 Å². The Balaban J connectivity index is 1.65. The highest BCUT2D eigenvalue weighted by Gasteiger charge is 2.40. The number of rotatable bonds is 6. The van der Waals surface area contributed by atoms with Gasteiger partial charge in [-0.3, -0.25) is 9.59 Å². The number of anilines is 1. The molecule has 1 N–H and O–H groups in total. The van der Waals surface area contributed by atoms with Gasteiger partial charge in [0.05, 0.1) is 0 Å². The van der Waals surface area contributed by atoms with Crippen molar-refractivity contribution in [2.45, 2.75) is 31.7 Å². The number of fused-ring (bicyclic) bond motifs is 1. The number of aromatic nitrogens is 1. The second-order valence-corrected chi connectivity index (χ2v) is 8.00. The first-order chi connectivity index (χ1) is 12.6. The third kappa shape index (κ3) is 4.14. The first-order valence-electron chi connectivity index (χ1n) is 9.35. The molecule has 0 aromatic carbocycles. The lowest BCUT2D eigenvalue weighted by Gasteiger charge is -2.47. The zero-order valence-corrected chi connectivity index (χ0v) is 16.4. The summed E-state index contributed by atoms with van der Waals surface area (Å²) in [5, 5.41) is 2.98. The number of nitrogens with zero attached hydrogens (tertiary/aromatic N) is 3. The van der Waals surface area contributed by atoms with Gasteiger partial charge in [0.25, 0.3) is 5.91 Å². The van der Waals surface area contributed by atoms with Gasteiger partial charge in [0, 0.05) is 50.9 Å². The van der Waals surface area contributed by atoms with Crippen LogP contribution < -0.4 is 5.32 Å². The molecular weight excluding hydrogens is 348 g/mol. The van der Waals surface area contributed by atoms with Crippen molar-refractivity contribution < 1.29 is 9.59 Å². The molecule has 1 aromatic heterocycles. The van der Waals surface area contributed by atoms with E-state index < -0.39 is 0 Å². The Hall–Kier alpha value is -1.76. The summed E-state index contributed by atoms with van der Waals surface area (Å²) < 4.78 is 0. The summed E-state index contributed by atoms with van der Waals surface area (Å²) in [5.41, 5.74) is 0.673. The molecule has 0 radical (unpaired) electrons. The monoisotopic (exact) mass is 376 g/mol. The normalized spacial score (nSPS) is 22.9. The van der Waals surface area contributed by atoms with Crippen molar-refractivity contribution in [1.82, 2.24) is 14.8 Å². The molecular formula is C19H28N4O2S. The number of amides is 2. The Kier molecular flexibility index (Phi) is 6.40. The predicted molar refractivity (Wildman–Crippen MR) is 106 cm³/mol. The van der Waals surface area contributed by atoms with Crippen molar-refractivity contribution in [2.75, 3.05) is 44.0 Å². The standard InChI is InChI=1S/C19H28N4O2S/c1-20-17-12-14(6-8-21-17)19(25)22-10-7-16-15(13-22)4-5-18(24)23(16)9-3-11-26-2/h6,8,12,15-16H,3-5,7,9-11,13H2,1-2H3,(H,20,21)/t15-,16+/m0/s1. The summed E-state index contributed by atoms with van der Waals surface area (Å²) >= 11 is 1.82. The van der Waals surface area contributed by atoms with E-state index in [1.807, 2.05) is 16.7 Å². The van der Waals surface area contributed by atoms with Crippen LogP contribution in [0.2, 0.25) is 0 Å². The minimum absolute atomic E-state index is 0.0631. The lowest BCUT2D eigenvalue weighted by Crippen LogP contribution is -2.57. The Morgan fingerprint density at radius 2 is 2.27 bits per heavy atom. The lowest BCUT2D eigenvalue weighted by atomic mass is 9.83. The highest BCUT2D eigenvalue weighted by molar-refractivity contribution is 7.98. The number of hydrogen-bond donors (Lipinski definition) is 1. The molecule has 0 spiro atoms. The van der Waals surface area contributed by atoms with Crippen LogP contribution in [0.4, 0.5) is 5.82 Å². The molecule has 7 heteroatoms. The van der Waals surface area contributed by atoms with Crippen LogP contribution in [-0.2, 0) is 4.79 Å². The fourth-order valence-corrected chi connectivity index (χ4v) is 4.51. The van der Waals surface area contributed by atoms with Crippen LogP contribution in [0.5, 0.6) is 0 Å². The van der Waals surface area contributed by atoms with Gasteiger partial charge in [0.15, 0.2) is 0 Å². The topological polar surface area (TPSA) is 65.5 Å². The molecule has 0 unspecified atom stereocenters. The van der Waals surface area contributed by atoms with Crippen LogP contribution in [-0.4, -0.2) is 71.3 Å². The molecule has 3 rings (SSSR count). The van der Waals surface area contributed by atoms with Crippen molar-refractivity contribution in [1.29, 1.82) is 0 Å². The Labute approximate surface area is 159 Å². The third-order valence-electron chi connectivity index (χ3n) is 5.44. The number of piperidine rings is 2. The van der Waals surface area contributed by atoms with E-state index in [4.69, 9.17) is 0 Å². The molecule has 2 atom stereocenters. The number of nitrogens with one attached hydrogen (secondary N) is 1. The maximum absolute atomic E-state index is 12.9.